The first-order chi connectivity index (χ1) is 12.3. The molecular formula is C18H17ClN2O4S. The summed E-state index contributed by atoms with van der Waals surface area (Å²) in [6, 6.07) is 12.4. The topological polar surface area (TPSA) is 95.5 Å². The van der Waals surface area contributed by atoms with Crippen LogP contribution in [0.25, 0.3) is 0 Å². The number of amides is 1. The Bertz CT molecular complexity index is 930. The zero-order chi connectivity index (χ0) is 19.2. The fourth-order valence-electron chi connectivity index (χ4n) is 2.03. The van der Waals surface area contributed by atoms with Crippen molar-refractivity contribution in [3.05, 3.63) is 59.1 Å². The fourth-order valence-corrected chi connectivity index (χ4v) is 3.22. The number of halogens is 1. The van der Waals surface area contributed by atoms with E-state index in [1.807, 2.05) is 0 Å². The number of sulfonamides is 1. The van der Waals surface area contributed by atoms with Crippen LogP contribution in [0.5, 0.6) is 0 Å². The van der Waals surface area contributed by atoms with Gasteiger partial charge in [0.05, 0.1) is 4.90 Å². The van der Waals surface area contributed by atoms with Crippen LogP contribution >= 0.6 is 11.6 Å². The number of hydrogen-bond acceptors (Lipinski definition) is 4. The van der Waals surface area contributed by atoms with Gasteiger partial charge < -0.3 is 0 Å². The van der Waals surface area contributed by atoms with E-state index in [2.05, 4.69) is 16.6 Å². The lowest BCUT2D eigenvalue weighted by atomic mass is 10.1. The van der Waals surface area contributed by atoms with E-state index in [1.165, 1.54) is 12.1 Å². The number of benzene rings is 2. The largest absolute Gasteiger partial charge is 0.289 e. The van der Waals surface area contributed by atoms with Crippen molar-refractivity contribution in [1.29, 1.82) is 0 Å². The predicted octanol–water partition coefficient (Wildman–Crippen LogP) is 3.02. The Morgan fingerprint density at radius 1 is 1.15 bits per heavy atom. The maximum atomic E-state index is 12.4. The van der Waals surface area contributed by atoms with Gasteiger partial charge in [0.25, 0.3) is 10.0 Å². The lowest BCUT2D eigenvalue weighted by Gasteiger charge is -2.08. The second-order valence-corrected chi connectivity index (χ2v) is 7.67. The number of nitrogens with one attached hydrogen (secondary N) is 2. The molecule has 26 heavy (non-hydrogen) atoms. The van der Waals surface area contributed by atoms with E-state index < -0.39 is 15.9 Å². The number of hydrogen-bond donors (Lipinski definition) is 3. The maximum Gasteiger partial charge on any atom is 0.261 e. The number of hydroxylamine groups is 1. The molecule has 136 valence electrons. The summed E-state index contributed by atoms with van der Waals surface area (Å²) in [5, 5.41) is 8.99. The van der Waals surface area contributed by atoms with Crippen molar-refractivity contribution in [3.63, 3.8) is 0 Å². The average molecular weight is 393 g/mol. The van der Waals surface area contributed by atoms with E-state index in [1.54, 1.807) is 48.8 Å². The van der Waals surface area contributed by atoms with Gasteiger partial charge in [-0.3, -0.25) is 14.7 Å². The standard InChI is InChI=1S/C18H17ClN2O4S/c1-13(12-18(22)20-23)2-3-14-4-10-17(11-5-14)26(24,25)21-16-8-6-15(19)7-9-16/h4-11,13,21,23H,12H2,1H3,(H,20,22). The van der Waals surface area contributed by atoms with Crippen LogP contribution in [-0.2, 0) is 14.8 Å². The van der Waals surface area contributed by atoms with E-state index in [0.717, 1.165) is 0 Å². The minimum absolute atomic E-state index is 0.0704. The molecule has 0 bridgehead atoms. The summed E-state index contributed by atoms with van der Waals surface area (Å²) >= 11 is 5.78. The van der Waals surface area contributed by atoms with Gasteiger partial charge in [-0.1, -0.05) is 30.4 Å². The SMILES string of the molecule is CC(C#Cc1ccc(S(=O)(=O)Nc2ccc(Cl)cc2)cc1)CC(=O)NO. The van der Waals surface area contributed by atoms with Crippen LogP contribution in [-0.4, -0.2) is 19.5 Å². The molecule has 0 aliphatic rings. The average Bonchev–Trinajstić information content (AvgIpc) is 2.62. The number of rotatable bonds is 5. The molecule has 0 saturated carbocycles. The highest BCUT2D eigenvalue weighted by Gasteiger charge is 2.13. The molecule has 0 saturated heterocycles. The molecule has 1 unspecified atom stereocenters. The highest BCUT2D eigenvalue weighted by Crippen LogP contribution is 2.18. The van der Waals surface area contributed by atoms with Gasteiger partial charge in [0.15, 0.2) is 0 Å². The van der Waals surface area contributed by atoms with Gasteiger partial charge >= 0.3 is 0 Å². The Morgan fingerprint density at radius 3 is 2.35 bits per heavy atom. The first-order valence-corrected chi connectivity index (χ1v) is 9.49. The molecule has 6 nitrogen and oxygen atoms in total. The predicted molar refractivity (Wildman–Crippen MR) is 99.3 cm³/mol. The quantitative estimate of drug-likeness (QED) is 0.414. The number of carbonyl (C=O) groups excluding carboxylic acids is 1. The molecular weight excluding hydrogens is 376 g/mol. The number of anilines is 1. The summed E-state index contributed by atoms with van der Waals surface area (Å²) in [5.41, 5.74) is 2.58. The zero-order valence-corrected chi connectivity index (χ0v) is 15.4. The first kappa shape index (κ1) is 19.8. The molecule has 0 aliphatic heterocycles. The van der Waals surface area contributed by atoms with E-state index >= 15 is 0 Å². The highest BCUT2D eigenvalue weighted by molar-refractivity contribution is 7.92. The maximum absolute atomic E-state index is 12.4. The summed E-state index contributed by atoms with van der Waals surface area (Å²) in [7, 11) is -3.72. The summed E-state index contributed by atoms with van der Waals surface area (Å²) in [5.74, 6) is 4.97. The lowest BCUT2D eigenvalue weighted by molar-refractivity contribution is -0.129. The first-order valence-electron chi connectivity index (χ1n) is 7.63. The molecule has 1 atom stereocenters. The molecule has 8 heteroatoms. The van der Waals surface area contributed by atoms with Crippen molar-refractivity contribution in [3.8, 4) is 11.8 Å². The summed E-state index contributed by atoms with van der Waals surface area (Å²) in [6.07, 6.45) is 0.0704. The van der Waals surface area contributed by atoms with Crippen LogP contribution in [0, 0.1) is 17.8 Å². The van der Waals surface area contributed by atoms with Gasteiger partial charge in [0.2, 0.25) is 5.91 Å². The van der Waals surface area contributed by atoms with Crippen molar-refractivity contribution in [2.24, 2.45) is 5.92 Å². The third-order valence-corrected chi connectivity index (χ3v) is 4.99. The van der Waals surface area contributed by atoms with Crippen LogP contribution in [0.2, 0.25) is 5.02 Å². The van der Waals surface area contributed by atoms with E-state index in [9.17, 15) is 13.2 Å². The molecule has 2 aromatic rings. The minimum atomic E-state index is -3.72. The van der Waals surface area contributed by atoms with E-state index in [0.29, 0.717) is 16.3 Å². The molecule has 0 spiro atoms. The smallest absolute Gasteiger partial charge is 0.261 e. The third kappa shape index (κ3) is 5.77. The Kier molecular flexibility index (Phi) is 6.64. The molecule has 3 N–H and O–H groups in total. The van der Waals surface area contributed by atoms with Gasteiger partial charge in [0.1, 0.15) is 0 Å². The van der Waals surface area contributed by atoms with Crippen molar-refractivity contribution in [2.75, 3.05) is 4.72 Å². The van der Waals surface area contributed by atoms with Gasteiger partial charge in [-0.25, -0.2) is 13.9 Å². The molecule has 0 fully saturated rings. The van der Waals surface area contributed by atoms with E-state index in [-0.39, 0.29) is 17.2 Å². The Hall–Kier alpha value is -2.53. The molecule has 0 aliphatic carbocycles. The third-order valence-electron chi connectivity index (χ3n) is 3.34. The molecule has 0 radical (unpaired) electrons. The summed E-state index contributed by atoms with van der Waals surface area (Å²) < 4.78 is 27.2. The Morgan fingerprint density at radius 2 is 1.77 bits per heavy atom. The van der Waals surface area contributed by atoms with Crippen LogP contribution in [0.1, 0.15) is 18.9 Å². The lowest BCUT2D eigenvalue weighted by Crippen LogP contribution is -2.20. The van der Waals surface area contributed by atoms with E-state index in [4.69, 9.17) is 16.8 Å². The highest BCUT2D eigenvalue weighted by atomic mass is 35.5. The second kappa shape index (κ2) is 8.72. The van der Waals surface area contributed by atoms with Gasteiger partial charge in [0, 0.05) is 28.6 Å². The molecule has 1 amide bonds. The van der Waals surface area contributed by atoms with Crippen molar-refractivity contribution < 1.29 is 18.4 Å². The van der Waals surface area contributed by atoms with Crippen LogP contribution in [0.4, 0.5) is 5.69 Å². The molecule has 2 rings (SSSR count). The number of carbonyl (C=O) groups is 1. The van der Waals surface area contributed by atoms with Gasteiger partial charge in [-0.15, -0.1) is 0 Å². The van der Waals surface area contributed by atoms with Crippen LogP contribution < -0.4 is 10.2 Å². The Labute approximate surface area is 157 Å². The fraction of sp³-hybridized carbons (Fsp3) is 0.167. The molecule has 0 aromatic heterocycles. The van der Waals surface area contributed by atoms with Gasteiger partial charge in [-0.2, -0.15) is 0 Å². The minimum Gasteiger partial charge on any atom is -0.289 e. The zero-order valence-electron chi connectivity index (χ0n) is 13.9. The Balaban J connectivity index is 2.08. The van der Waals surface area contributed by atoms with Crippen molar-refractivity contribution >= 4 is 33.2 Å². The summed E-state index contributed by atoms with van der Waals surface area (Å²) in [4.78, 5) is 11.1. The van der Waals surface area contributed by atoms with Crippen LogP contribution in [0.15, 0.2) is 53.4 Å². The van der Waals surface area contributed by atoms with Crippen molar-refractivity contribution in [1.82, 2.24) is 5.48 Å². The molecule has 2 aromatic carbocycles. The van der Waals surface area contributed by atoms with Crippen LogP contribution in [0.3, 0.4) is 0 Å². The second-order valence-electron chi connectivity index (χ2n) is 5.55. The monoisotopic (exact) mass is 392 g/mol. The normalized spacial score (nSPS) is 11.8. The molecule has 0 heterocycles. The van der Waals surface area contributed by atoms with Crippen molar-refractivity contribution in [2.45, 2.75) is 18.2 Å². The van der Waals surface area contributed by atoms with Gasteiger partial charge in [-0.05, 0) is 48.5 Å². The summed E-state index contributed by atoms with van der Waals surface area (Å²) in [6.45, 7) is 1.75.